The summed E-state index contributed by atoms with van der Waals surface area (Å²) in [6, 6.07) is 3.40. The number of aliphatic carboxylic acids is 1. The highest BCUT2D eigenvalue weighted by molar-refractivity contribution is 5.90. The fourth-order valence-electron chi connectivity index (χ4n) is 7.92. The zero-order chi connectivity index (χ0) is 32.0. The molecule has 45 heavy (non-hydrogen) atoms. The lowest BCUT2D eigenvalue weighted by Gasteiger charge is -2.50. The van der Waals surface area contributed by atoms with Crippen LogP contribution in [-0.4, -0.2) is 75.9 Å². The number of hydrogen-bond donors (Lipinski definition) is 2. The number of hydrogen-bond acceptors (Lipinski definition) is 8. The largest absolute Gasteiger partial charge is 0.497 e. The van der Waals surface area contributed by atoms with Crippen molar-refractivity contribution in [2.24, 2.45) is 29.1 Å². The van der Waals surface area contributed by atoms with Gasteiger partial charge in [-0.1, -0.05) is 40.5 Å². The molecule has 3 saturated carbocycles. The minimum atomic E-state index is -1.14. The number of nitrogens with one attached hydrogen (secondary N) is 1. The number of aryl methyl sites for hydroxylation is 1. The van der Waals surface area contributed by atoms with Gasteiger partial charge in [-0.15, -0.1) is 0 Å². The highest BCUT2D eigenvalue weighted by atomic mass is 16.6. The van der Waals surface area contributed by atoms with Gasteiger partial charge in [0.2, 0.25) is 11.8 Å². The fourth-order valence-corrected chi connectivity index (χ4v) is 7.92. The van der Waals surface area contributed by atoms with Gasteiger partial charge in [0.1, 0.15) is 35.7 Å². The standard InChI is InChI=1S/C34H46N4O7/c1-18-27-17-38(28(18)32(40)41)31(39)29(34(2,3)4)37-33(42)45-26-15-19-13-20(14-19)22(26)9-7-6-8-10-24-30(44-27)36-25-16-21(43-5)11-12-23(25)35-24/h11-12,16,18-20,22,26-29H,6-10,13-15,17H2,1-5H3,(H,37,42)(H,40,41)/t18-,19?,20?,22+,26+,27+,28+,29-/m1/s1. The van der Waals surface area contributed by atoms with Gasteiger partial charge in [-0.3, -0.25) is 4.79 Å². The molecule has 1 aromatic heterocycles. The second-order valence-corrected chi connectivity index (χ2v) is 14.6. The van der Waals surface area contributed by atoms with Crippen LogP contribution >= 0.6 is 0 Å². The Labute approximate surface area is 264 Å². The number of alkyl carbamates (subject to hydrolysis) is 1. The summed E-state index contributed by atoms with van der Waals surface area (Å²) in [6.07, 6.45) is 6.33. The zero-order valence-corrected chi connectivity index (χ0v) is 27.0. The van der Waals surface area contributed by atoms with E-state index < -0.39 is 47.5 Å². The number of aromatic nitrogens is 2. The lowest BCUT2D eigenvalue weighted by molar-refractivity contribution is -0.151. The number of fused-ring (bicyclic) bond motifs is 4. The van der Waals surface area contributed by atoms with E-state index in [0.717, 1.165) is 43.3 Å². The molecule has 4 bridgehead atoms. The van der Waals surface area contributed by atoms with Gasteiger partial charge in [0.05, 0.1) is 24.7 Å². The van der Waals surface area contributed by atoms with Crippen LogP contribution in [0.5, 0.6) is 11.6 Å². The van der Waals surface area contributed by atoms with E-state index in [1.807, 2.05) is 32.9 Å². The summed E-state index contributed by atoms with van der Waals surface area (Å²) in [6.45, 7) is 7.38. The molecule has 2 N–H and O–H groups in total. The van der Waals surface area contributed by atoms with Crippen LogP contribution in [0.1, 0.15) is 78.3 Å². The SMILES string of the molecule is COc1ccc2nc3c(nc2c1)O[C@H]1CN(C(=O)[C@H](C(C)(C)C)NC(=O)O[C@H]2CC4CC(C4)[C@@H]2CCCCC3)[C@H](C(=O)O)[C@@H]1C. The number of benzene rings is 1. The van der Waals surface area contributed by atoms with Gasteiger partial charge in [-0.2, -0.15) is 0 Å². The van der Waals surface area contributed by atoms with Crippen LogP contribution in [0, 0.1) is 29.1 Å². The summed E-state index contributed by atoms with van der Waals surface area (Å²) in [5.74, 6) is 0.313. The van der Waals surface area contributed by atoms with Crippen LogP contribution in [0.2, 0.25) is 0 Å². The quantitative estimate of drug-likeness (QED) is 0.474. The highest BCUT2D eigenvalue weighted by Crippen LogP contribution is 2.51. The summed E-state index contributed by atoms with van der Waals surface area (Å²) in [7, 11) is 1.59. The van der Waals surface area contributed by atoms with Crippen LogP contribution in [0.25, 0.3) is 11.0 Å². The first kappa shape index (κ1) is 31.4. The third kappa shape index (κ3) is 6.27. The van der Waals surface area contributed by atoms with E-state index in [1.54, 1.807) is 20.1 Å². The topological polar surface area (TPSA) is 140 Å². The summed E-state index contributed by atoms with van der Waals surface area (Å²) in [5.41, 5.74) is 1.36. The number of methoxy groups -OCH3 is 1. The molecule has 3 heterocycles. The summed E-state index contributed by atoms with van der Waals surface area (Å²) >= 11 is 0. The van der Waals surface area contributed by atoms with E-state index in [-0.39, 0.29) is 12.6 Å². The van der Waals surface area contributed by atoms with Gasteiger partial charge < -0.3 is 29.5 Å². The van der Waals surface area contributed by atoms with E-state index in [0.29, 0.717) is 41.3 Å². The average molecular weight is 623 g/mol. The van der Waals surface area contributed by atoms with Crippen LogP contribution in [0.4, 0.5) is 4.79 Å². The van der Waals surface area contributed by atoms with E-state index >= 15 is 0 Å². The van der Waals surface area contributed by atoms with Gasteiger partial charge in [-0.25, -0.2) is 19.6 Å². The monoisotopic (exact) mass is 622 g/mol. The Kier molecular flexibility index (Phi) is 8.56. The molecule has 0 spiro atoms. The summed E-state index contributed by atoms with van der Waals surface area (Å²) in [5, 5.41) is 13.2. The van der Waals surface area contributed by atoms with E-state index in [1.165, 1.54) is 17.7 Å². The molecule has 2 aliphatic heterocycles. The Morgan fingerprint density at radius 2 is 1.82 bits per heavy atom. The van der Waals surface area contributed by atoms with Gasteiger partial charge in [0.25, 0.3) is 0 Å². The molecule has 244 valence electrons. The molecule has 2 aromatic rings. The van der Waals surface area contributed by atoms with Gasteiger partial charge in [0.15, 0.2) is 0 Å². The van der Waals surface area contributed by atoms with Crippen molar-refractivity contribution in [2.75, 3.05) is 13.7 Å². The number of nitrogens with zero attached hydrogens (tertiary/aromatic N) is 3. The van der Waals surface area contributed by atoms with Gasteiger partial charge >= 0.3 is 12.1 Å². The van der Waals surface area contributed by atoms with Crippen LogP contribution < -0.4 is 14.8 Å². The molecular weight excluding hydrogens is 576 g/mol. The molecule has 7 rings (SSSR count). The van der Waals surface area contributed by atoms with Crippen molar-refractivity contribution in [1.82, 2.24) is 20.2 Å². The number of carbonyl (C=O) groups excluding carboxylic acids is 2. The first-order chi connectivity index (χ1) is 21.4. The number of carbonyl (C=O) groups is 3. The summed E-state index contributed by atoms with van der Waals surface area (Å²) < 4.78 is 18.0. The van der Waals surface area contributed by atoms with Crippen molar-refractivity contribution in [3.63, 3.8) is 0 Å². The van der Waals surface area contributed by atoms with Crippen molar-refractivity contribution in [3.05, 3.63) is 23.9 Å². The molecule has 0 radical (unpaired) electrons. The third-order valence-electron chi connectivity index (χ3n) is 10.5. The Morgan fingerprint density at radius 3 is 2.53 bits per heavy atom. The zero-order valence-electron chi connectivity index (χ0n) is 27.0. The van der Waals surface area contributed by atoms with Gasteiger partial charge in [-0.05, 0) is 73.8 Å². The van der Waals surface area contributed by atoms with Crippen molar-refractivity contribution in [3.8, 4) is 11.6 Å². The Bertz CT molecular complexity index is 1450. The van der Waals surface area contributed by atoms with Crippen LogP contribution in [0.15, 0.2) is 18.2 Å². The Balaban J connectivity index is 1.36. The van der Waals surface area contributed by atoms with Crippen molar-refractivity contribution in [2.45, 2.75) is 103 Å². The van der Waals surface area contributed by atoms with Crippen LogP contribution in [0.3, 0.4) is 0 Å². The molecule has 1 aromatic carbocycles. The smallest absolute Gasteiger partial charge is 0.408 e. The maximum absolute atomic E-state index is 14.2. The second-order valence-electron chi connectivity index (χ2n) is 14.6. The number of ether oxygens (including phenoxy) is 3. The molecule has 1 saturated heterocycles. The molecule has 0 unspecified atom stereocenters. The van der Waals surface area contributed by atoms with E-state index in [2.05, 4.69) is 5.32 Å². The Morgan fingerprint density at radius 1 is 1.04 bits per heavy atom. The lowest BCUT2D eigenvalue weighted by atomic mass is 9.58. The third-order valence-corrected chi connectivity index (χ3v) is 10.5. The molecular formula is C34H46N4O7. The van der Waals surface area contributed by atoms with Crippen molar-refractivity contribution in [1.29, 1.82) is 0 Å². The predicted molar refractivity (Wildman–Crippen MR) is 166 cm³/mol. The van der Waals surface area contributed by atoms with Crippen molar-refractivity contribution < 1.29 is 33.7 Å². The molecule has 3 aliphatic carbocycles. The average Bonchev–Trinajstić information content (AvgIpc) is 3.29. The highest BCUT2D eigenvalue weighted by Gasteiger charge is 2.51. The van der Waals surface area contributed by atoms with Crippen LogP contribution in [-0.2, 0) is 20.7 Å². The summed E-state index contributed by atoms with van der Waals surface area (Å²) in [4.78, 5) is 51.3. The van der Waals surface area contributed by atoms with E-state index in [4.69, 9.17) is 24.2 Å². The number of amides is 2. The predicted octanol–water partition coefficient (Wildman–Crippen LogP) is 4.99. The number of carboxylic acid groups (broad SMARTS) is 1. The normalized spacial score (nSPS) is 32.5. The first-order valence-electron chi connectivity index (χ1n) is 16.4. The number of rotatable bonds is 2. The maximum Gasteiger partial charge on any atom is 0.408 e. The number of carboxylic acids is 1. The minimum absolute atomic E-state index is 0.0333. The molecule has 6 atom stereocenters. The molecule has 11 nitrogen and oxygen atoms in total. The van der Waals surface area contributed by atoms with Crippen molar-refractivity contribution >= 4 is 29.0 Å². The molecule has 11 heteroatoms. The maximum atomic E-state index is 14.2. The molecule has 4 fully saturated rings. The second kappa shape index (κ2) is 12.3. The van der Waals surface area contributed by atoms with Gasteiger partial charge in [0, 0.05) is 12.0 Å². The minimum Gasteiger partial charge on any atom is -0.497 e. The fraction of sp³-hybridized carbons (Fsp3) is 0.676. The lowest BCUT2D eigenvalue weighted by Crippen LogP contribution is -2.58. The molecule has 5 aliphatic rings. The Hall–Kier alpha value is -3.63. The first-order valence-corrected chi connectivity index (χ1v) is 16.4. The molecule has 2 amide bonds. The van der Waals surface area contributed by atoms with E-state index in [9.17, 15) is 19.5 Å².